The van der Waals surface area contributed by atoms with E-state index < -0.39 is 0 Å². The van der Waals surface area contributed by atoms with Gasteiger partial charge in [-0.2, -0.15) is 0 Å². The van der Waals surface area contributed by atoms with Crippen molar-refractivity contribution in [3.05, 3.63) is 35.4 Å². The summed E-state index contributed by atoms with van der Waals surface area (Å²) in [5, 5.41) is 3.68. The summed E-state index contributed by atoms with van der Waals surface area (Å²) in [7, 11) is 0. The van der Waals surface area contributed by atoms with E-state index in [4.69, 9.17) is 0 Å². The number of hydrogen-bond acceptors (Lipinski definition) is 2. The summed E-state index contributed by atoms with van der Waals surface area (Å²) in [6.45, 7) is 8.42. The molecular formula is C18H28N2. The normalized spacial score (nSPS) is 22.9. The molecule has 1 aliphatic heterocycles. The van der Waals surface area contributed by atoms with Gasteiger partial charge in [0, 0.05) is 25.2 Å². The lowest BCUT2D eigenvalue weighted by molar-refractivity contribution is 0.166. The molecule has 0 saturated heterocycles. The van der Waals surface area contributed by atoms with Crippen LogP contribution >= 0.6 is 0 Å². The molecule has 2 nitrogen and oxygen atoms in total. The number of nitrogens with zero attached hydrogens (tertiary/aromatic N) is 1. The zero-order valence-corrected chi connectivity index (χ0v) is 12.9. The van der Waals surface area contributed by atoms with Gasteiger partial charge in [0.2, 0.25) is 0 Å². The van der Waals surface area contributed by atoms with E-state index in [1.54, 1.807) is 11.1 Å². The van der Waals surface area contributed by atoms with Crippen molar-refractivity contribution in [1.29, 1.82) is 0 Å². The smallest absolute Gasteiger partial charge is 0.0105 e. The first-order chi connectivity index (χ1) is 9.74. The van der Waals surface area contributed by atoms with Crippen molar-refractivity contribution in [3.8, 4) is 0 Å². The maximum absolute atomic E-state index is 3.68. The van der Waals surface area contributed by atoms with Gasteiger partial charge in [-0.15, -0.1) is 0 Å². The van der Waals surface area contributed by atoms with Crippen molar-refractivity contribution in [3.63, 3.8) is 0 Å². The standard InChI is InChI=1S/C18H28N2/c1-14(13-19-18-7-8-18)15(2)20-11-9-16-5-3-4-6-17(16)10-12-20/h3-6,14-15,18-19H,7-13H2,1-2H3. The molecule has 0 spiro atoms. The average molecular weight is 272 g/mol. The summed E-state index contributed by atoms with van der Waals surface area (Å²) in [5.74, 6) is 0.733. The fourth-order valence-corrected chi connectivity index (χ4v) is 3.26. The first-order valence-corrected chi connectivity index (χ1v) is 8.28. The SMILES string of the molecule is CC(CNC1CC1)C(C)N1CCc2ccccc2CC1. The molecule has 2 aliphatic rings. The highest BCUT2D eigenvalue weighted by atomic mass is 15.2. The minimum Gasteiger partial charge on any atom is -0.314 e. The van der Waals surface area contributed by atoms with E-state index >= 15 is 0 Å². The molecule has 0 radical (unpaired) electrons. The monoisotopic (exact) mass is 272 g/mol. The van der Waals surface area contributed by atoms with Crippen LogP contribution in [0.15, 0.2) is 24.3 Å². The van der Waals surface area contributed by atoms with E-state index in [0.29, 0.717) is 6.04 Å². The lowest BCUT2D eigenvalue weighted by atomic mass is 10.0. The molecule has 1 N–H and O–H groups in total. The summed E-state index contributed by atoms with van der Waals surface area (Å²) in [6, 6.07) is 10.5. The second-order valence-corrected chi connectivity index (χ2v) is 6.71. The van der Waals surface area contributed by atoms with Gasteiger partial charge in [0.25, 0.3) is 0 Å². The van der Waals surface area contributed by atoms with Gasteiger partial charge in [-0.05, 0) is 56.2 Å². The molecule has 3 rings (SSSR count). The highest BCUT2D eigenvalue weighted by Crippen LogP contribution is 2.21. The molecule has 0 bridgehead atoms. The first kappa shape index (κ1) is 14.1. The minimum absolute atomic E-state index is 0.676. The average Bonchev–Trinajstić information content (AvgIpc) is 3.30. The highest BCUT2D eigenvalue weighted by Gasteiger charge is 2.25. The van der Waals surface area contributed by atoms with E-state index in [1.165, 1.54) is 45.3 Å². The Bertz CT molecular complexity index is 412. The second-order valence-electron chi connectivity index (χ2n) is 6.71. The zero-order valence-electron chi connectivity index (χ0n) is 12.9. The maximum Gasteiger partial charge on any atom is 0.0105 e. The maximum atomic E-state index is 3.68. The Kier molecular flexibility index (Phi) is 4.42. The van der Waals surface area contributed by atoms with Crippen LogP contribution in [0.5, 0.6) is 0 Å². The van der Waals surface area contributed by atoms with Gasteiger partial charge in [-0.1, -0.05) is 31.2 Å². The third-order valence-corrected chi connectivity index (χ3v) is 5.16. The van der Waals surface area contributed by atoms with Crippen LogP contribution in [-0.4, -0.2) is 36.6 Å². The van der Waals surface area contributed by atoms with E-state index in [-0.39, 0.29) is 0 Å². The van der Waals surface area contributed by atoms with Crippen LogP contribution in [0.4, 0.5) is 0 Å². The molecule has 2 unspecified atom stereocenters. The summed E-state index contributed by atoms with van der Waals surface area (Å²) < 4.78 is 0. The van der Waals surface area contributed by atoms with Gasteiger partial charge in [-0.3, -0.25) is 4.90 Å². The second kappa shape index (κ2) is 6.28. The van der Waals surface area contributed by atoms with Crippen molar-refractivity contribution in [1.82, 2.24) is 10.2 Å². The Morgan fingerprint density at radius 3 is 2.25 bits per heavy atom. The van der Waals surface area contributed by atoms with Crippen LogP contribution in [0, 0.1) is 5.92 Å². The van der Waals surface area contributed by atoms with Crippen LogP contribution in [0.25, 0.3) is 0 Å². The van der Waals surface area contributed by atoms with Crippen molar-refractivity contribution in [2.24, 2.45) is 5.92 Å². The van der Waals surface area contributed by atoms with Gasteiger partial charge in [0.1, 0.15) is 0 Å². The molecular weight excluding hydrogens is 244 g/mol. The van der Waals surface area contributed by atoms with Gasteiger partial charge < -0.3 is 5.32 Å². The van der Waals surface area contributed by atoms with Gasteiger partial charge in [0.05, 0.1) is 0 Å². The first-order valence-electron chi connectivity index (χ1n) is 8.28. The molecule has 2 atom stereocenters. The lowest BCUT2D eigenvalue weighted by Crippen LogP contribution is -2.42. The molecule has 1 fully saturated rings. The fraction of sp³-hybridized carbons (Fsp3) is 0.667. The van der Waals surface area contributed by atoms with Gasteiger partial charge in [0.15, 0.2) is 0 Å². The summed E-state index contributed by atoms with van der Waals surface area (Å²) in [4.78, 5) is 2.69. The summed E-state index contributed by atoms with van der Waals surface area (Å²) in [5.41, 5.74) is 3.12. The van der Waals surface area contributed by atoms with Crippen molar-refractivity contribution >= 4 is 0 Å². The molecule has 1 aromatic carbocycles. The Hall–Kier alpha value is -0.860. The largest absolute Gasteiger partial charge is 0.314 e. The number of rotatable bonds is 5. The molecule has 1 saturated carbocycles. The summed E-state index contributed by atoms with van der Waals surface area (Å²) in [6.07, 6.45) is 5.20. The molecule has 20 heavy (non-hydrogen) atoms. The Morgan fingerprint density at radius 1 is 1.10 bits per heavy atom. The van der Waals surface area contributed by atoms with Crippen LogP contribution in [0.2, 0.25) is 0 Å². The van der Waals surface area contributed by atoms with E-state index in [0.717, 1.165) is 12.0 Å². The molecule has 1 heterocycles. The topological polar surface area (TPSA) is 15.3 Å². The van der Waals surface area contributed by atoms with Crippen molar-refractivity contribution in [2.75, 3.05) is 19.6 Å². The molecule has 1 aromatic rings. The summed E-state index contributed by atoms with van der Waals surface area (Å²) >= 11 is 0. The van der Waals surface area contributed by atoms with Crippen LogP contribution in [0.1, 0.15) is 37.8 Å². The lowest BCUT2D eigenvalue weighted by Gasteiger charge is -2.32. The van der Waals surface area contributed by atoms with E-state index in [1.807, 2.05) is 0 Å². The van der Waals surface area contributed by atoms with E-state index in [2.05, 4.69) is 48.3 Å². The third kappa shape index (κ3) is 3.42. The van der Waals surface area contributed by atoms with Crippen molar-refractivity contribution < 1.29 is 0 Å². The zero-order chi connectivity index (χ0) is 13.9. The number of nitrogens with one attached hydrogen (secondary N) is 1. The molecule has 2 heteroatoms. The Balaban J connectivity index is 1.55. The molecule has 110 valence electrons. The highest BCUT2D eigenvalue weighted by molar-refractivity contribution is 5.28. The van der Waals surface area contributed by atoms with Crippen LogP contribution in [-0.2, 0) is 12.8 Å². The minimum atomic E-state index is 0.676. The third-order valence-electron chi connectivity index (χ3n) is 5.16. The molecule has 0 amide bonds. The number of fused-ring (bicyclic) bond motifs is 1. The number of benzene rings is 1. The Labute approximate surface area is 123 Å². The predicted octanol–water partition coefficient (Wildman–Crippen LogP) is 2.86. The van der Waals surface area contributed by atoms with Crippen LogP contribution < -0.4 is 5.32 Å². The fourth-order valence-electron chi connectivity index (χ4n) is 3.26. The quantitative estimate of drug-likeness (QED) is 0.886. The van der Waals surface area contributed by atoms with E-state index in [9.17, 15) is 0 Å². The van der Waals surface area contributed by atoms with Gasteiger partial charge in [-0.25, -0.2) is 0 Å². The predicted molar refractivity (Wildman–Crippen MR) is 85.1 cm³/mol. The molecule has 0 aromatic heterocycles. The van der Waals surface area contributed by atoms with Crippen LogP contribution in [0.3, 0.4) is 0 Å². The number of hydrogen-bond donors (Lipinski definition) is 1. The molecule has 1 aliphatic carbocycles. The van der Waals surface area contributed by atoms with Crippen molar-refractivity contribution in [2.45, 2.75) is 51.6 Å². The Morgan fingerprint density at radius 2 is 1.70 bits per heavy atom. The van der Waals surface area contributed by atoms with Gasteiger partial charge >= 0.3 is 0 Å².